The van der Waals surface area contributed by atoms with Crippen molar-refractivity contribution in [2.24, 2.45) is 5.73 Å². The van der Waals surface area contributed by atoms with Gasteiger partial charge in [0, 0.05) is 0 Å². The monoisotopic (exact) mass is 171 g/mol. The molecule has 52 valence electrons. The third kappa shape index (κ3) is 1.40. The van der Waals surface area contributed by atoms with E-state index in [9.17, 15) is 4.79 Å². The van der Waals surface area contributed by atoms with Gasteiger partial charge in [0.2, 0.25) is 5.78 Å². The molecule has 0 bridgehead atoms. The van der Waals surface area contributed by atoms with Crippen LogP contribution in [0, 0.1) is 0 Å². The van der Waals surface area contributed by atoms with Gasteiger partial charge in [-0.3, -0.25) is 4.79 Å². The first-order chi connectivity index (χ1) is 4.72. The van der Waals surface area contributed by atoms with Gasteiger partial charge in [-0.1, -0.05) is 18.3 Å². The van der Waals surface area contributed by atoms with Gasteiger partial charge in [0.05, 0.1) is 4.88 Å². The summed E-state index contributed by atoms with van der Waals surface area (Å²) in [6, 6.07) is 3.49. The molecule has 0 aromatic carbocycles. The number of carbonyl (C=O) groups is 1. The first kappa shape index (κ1) is 7.37. The molecule has 10 heavy (non-hydrogen) atoms. The SMILES string of the molecule is NC(=S)C(=O)c1cccs1. The highest BCUT2D eigenvalue weighted by Gasteiger charge is 2.07. The summed E-state index contributed by atoms with van der Waals surface area (Å²) in [5.74, 6) is -0.245. The standard InChI is InChI=1S/C6H5NOS2/c7-6(9)5(8)4-2-1-3-10-4/h1-3H,(H2,7,9). The average molecular weight is 171 g/mol. The van der Waals surface area contributed by atoms with E-state index in [1.54, 1.807) is 12.1 Å². The predicted octanol–water partition coefficient (Wildman–Crippen LogP) is 1.22. The molecule has 4 heteroatoms. The Kier molecular flexibility index (Phi) is 2.13. The third-order valence-corrected chi connectivity index (χ3v) is 2.02. The Labute approximate surface area is 67.7 Å². The molecule has 0 aliphatic rings. The van der Waals surface area contributed by atoms with Crippen molar-refractivity contribution >= 4 is 34.3 Å². The summed E-state index contributed by atoms with van der Waals surface area (Å²) >= 11 is 5.84. The summed E-state index contributed by atoms with van der Waals surface area (Å²) in [5, 5.41) is 1.81. The average Bonchev–Trinajstić information content (AvgIpc) is 2.36. The molecular weight excluding hydrogens is 166 g/mol. The highest BCUT2D eigenvalue weighted by Crippen LogP contribution is 2.08. The van der Waals surface area contributed by atoms with Crippen LogP contribution in [0.4, 0.5) is 0 Å². The number of hydrogen-bond acceptors (Lipinski definition) is 3. The first-order valence-electron chi connectivity index (χ1n) is 2.59. The highest BCUT2D eigenvalue weighted by molar-refractivity contribution is 7.82. The molecule has 0 saturated carbocycles. The Morgan fingerprint density at radius 2 is 2.40 bits per heavy atom. The van der Waals surface area contributed by atoms with Crippen molar-refractivity contribution in [3.8, 4) is 0 Å². The van der Waals surface area contributed by atoms with Crippen molar-refractivity contribution in [3.63, 3.8) is 0 Å². The summed E-state index contributed by atoms with van der Waals surface area (Å²) in [4.78, 5) is 11.5. The van der Waals surface area contributed by atoms with Gasteiger partial charge in [-0.25, -0.2) is 0 Å². The van der Waals surface area contributed by atoms with Crippen LogP contribution in [0.1, 0.15) is 9.67 Å². The molecule has 0 radical (unpaired) electrons. The smallest absolute Gasteiger partial charge is 0.229 e. The molecule has 1 heterocycles. The fraction of sp³-hybridized carbons (Fsp3) is 0. The molecule has 0 saturated heterocycles. The van der Waals surface area contributed by atoms with Crippen LogP contribution in [0.5, 0.6) is 0 Å². The second-order valence-electron chi connectivity index (χ2n) is 1.67. The minimum Gasteiger partial charge on any atom is -0.387 e. The van der Waals surface area contributed by atoms with Gasteiger partial charge in [-0.2, -0.15) is 0 Å². The maximum absolute atomic E-state index is 10.9. The quantitative estimate of drug-likeness (QED) is 0.537. The molecule has 0 aliphatic carbocycles. The maximum Gasteiger partial charge on any atom is 0.229 e. The lowest BCUT2D eigenvalue weighted by Crippen LogP contribution is -2.19. The van der Waals surface area contributed by atoms with Gasteiger partial charge < -0.3 is 5.73 Å². The summed E-state index contributed by atoms with van der Waals surface area (Å²) in [5.41, 5.74) is 5.12. The number of thiocarbonyl (C=S) groups is 1. The maximum atomic E-state index is 10.9. The Morgan fingerprint density at radius 1 is 1.70 bits per heavy atom. The predicted molar refractivity (Wildman–Crippen MR) is 45.4 cm³/mol. The second-order valence-corrected chi connectivity index (χ2v) is 3.06. The Balaban J connectivity index is 2.88. The minimum atomic E-state index is -0.245. The lowest BCUT2D eigenvalue weighted by atomic mass is 10.3. The van der Waals surface area contributed by atoms with E-state index in [1.807, 2.05) is 5.38 Å². The number of thiophene rings is 1. The molecule has 2 nitrogen and oxygen atoms in total. The van der Waals surface area contributed by atoms with Gasteiger partial charge in [0.15, 0.2) is 0 Å². The number of Topliss-reactive ketones (excluding diaryl/α,β-unsaturated/α-hetero) is 1. The van der Waals surface area contributed by atoms with Crippen molar-refractivity contribution in [2.45, 2.75) is 0 Å². The largest absolute Gasteiger partial charge is 0.387 e. The molecule has 0 fully saturated rings. The van der Waals surface area contributed by atoms with Crippen LogP contribution >= 0.6 is 23.6 Å². The van der Waals surface area contributed by atoms with Gasteiger partial charge >= 0.3 is 0 Å². The van der Waals surface area contributed by atoms with Crippen LogP contribution in [0.25, 0.3) is 0 Å². The van der Waals surface area contributed by atoms with E-state index in [4.69, 9.17) is 5.73 Å². The number of nitrogens with two attached hydrogens (primary N) is 1. The molecular formula is C6H5NOS2. The van der Waals surface area contributed by atoms with E-state index in [2.05, 4.69) is 12.2 Å². The molecule has 2 N–H and O–H groups in total. The molecule has 0 atom stereocenters. The van der Waals surface area contributed by atoms with Crippen molar-refractivity contribution in [1.29, 1.82) is 0 Å². The third-order valence-electron chi connectivity index (χ3n) is 0.969. The molecule has 0 unspecified atom stereocenters. The topological polar surface area (TPSA) is 43.1 Å². The van der Waals surface area contributed by atoms with Gasteiger partial charge in [0.25, 0.3) is 0 Å². The number of carbonyl (C=O) groups excluding carboxylic acids is 1. The second kappa shape index (κ2) is 2.90. The van der Waals surface area contributed by atoms with Crippen LogP contribution < -0.4 is 5.73 Å². The van der Waals surface area contributed by atoms with Crippen molar-refractivity contribution in [1.82, 2.24) is 0 Å². The van der Waals surface area contributed by atoms with Crippen molar-refractivity contribution in [3.05, 3.63) is 22.4 Å². The van der Waals surface area contributed by atoms with E-state index in [0.29, 0.717) is 4.88 Å². The summed E-state index contributed by atoms with van der Waals surface area (Å²) in [7, 11) is 0. The van der Waals surface area contributed by atoms with Crippen LogP contribution in [-0.4, -0.2) is 10.8 Å². The van der Waals surface area contributed by atoms with Gasteiger partial charge in [-0.05, 0) is 11.4 Å². The molecule has 0 spiro atoms. The lowest BCUT2D eigenvalue weighted by molar-refractivity contribution is 0.107. The van der Waals surface area contributed by atoms with Crippen LogP contribution in [0.15, 0.2) is 17.5 Å². The van der Waals surface area contributed by atoms with E-state index in [-0.39, 0.29) is 10.8 Å². The van der Waals surface area contributed by atoms with E-state index in [1.165, 1.54) is 11.3 Å². The van der Waals surface area contributed by atoms with Crippen LogP contribution in [0.3, 0.4) is 0 Å². The Bertz CT molecular complexity index is 253. The van der Waals surface area contributed by atoms with E-state index in [0.717, 1.165) is 0 Å². The Hall–Kier alpha value is -0.740. The van der Waals surface area contributed by atoms with Crippen LogP contribution in [-0.2, 0) is 0 Å². The molecule has 1 aromatic heterocycles. The fourth-order valence-electron chi connectivity index (χ4n) is 0.529. The first-order valence-corrected chi connectivity index (χ1v) is 3.88. The fourth-order valence-corrected chi connectivity index (χ4v) is 1.38. The van der Waals surface area contributed by atoms with Gasteiger partial charge in [0.1, 0.15) is 4.99 Å². The number of ketones is 1. The number of hydrogen-bond donors (Lipinski definition) is 1. The van der Waals surface area contributed by atoms with Crippen LogP contribution in [0.2, 0.25) is 0 Å². The zero-order chi connectivity index (χ0) is 7.56. The van der Waals surface area contributed by atoms with Gasteiger partial charge in [-0.15, -0.1) is 11.3 Å². The zero-order valence-corrected chi connectivity index (χ0v) is 6.67. The molecule has 1 aromatic rings. The normalized spacial score (nSPS) is 9.20. The van der Waals surface area contributed by atoms with Crippen molar-refractivity contribution in [2.75, 3.05) is 0 Å². The highest BCUT2D eigenvalue weighted by atomic mass is 32.1. The summed E-state index contributed by atoms with van der Waals surface area (Å²) in [6.07, 6.45) is 0. The van der Waals surface area contributed by atoms with Crippen molar-refractivity contribution < 1.29 is 4.79 Å². The number of rotatable bonds is 2. The van der Waals surface area contributed by atoms with E-state index >= 15 is 0 Å². The zero-order valence-electron chi connectivity index (χ0n) is 5.03. The van der Waals surface area contributed by atoms with E-state index < -0.39 is 0 Å². The molecule has 1 rings (SSSR count). The summed E-state index contributed by atoms with van der Waals surface area (Å²) in [6.45, 7) is 0. The molecule has 0 aliphatic heterocycles. The Morgan fingerprint density at radius 3 is 2.80 bits per heavy atom. The summed E-state index contributed by atoms with van der Waals surface area (Å²) < 4.78 is 0. The molecule has 0 amide bonds. The lowest BCUT2D eigenvalue weighted by Gasteiger charge is -1.89. The minimum absolute atomic E-state index is 0.0672.